The van der Waals surface area contributed by atoms with Gasteiger partial charge in [0.15, 0.2) is 0 Å². The summed E-state index contributed by atoms with van der Waals surface area (Å²) >= 11 is 5.43. The van der Waals surface area contributed by atoms with Gasteiger partial charge in [0, 0.05) is 23.0 Å². The van der Waals surface area contributed by atoms with Gasteiger partial charge in [-0.25, -0.2) is 4.98 Å². The van der Waals surface area contributed by atoms with E-state index in [0.29, 0.717) is 5.15 Å². The van der Waals surface area contributed by atoms with E-state index in [9.17, 15) is 0 Å². The van der Waals surface area contributed by atoms with Crippen molar-refractivity contribution < 1.29 is 16.8 Å². The predicted molar refractivity (Wildman–Crippen MR) is 29.2 cm³/mol. The third-order valence-corrected chi connectivity index (χ3v) is 0.852. The Labute approximate surface area is 63.3 Å². The topological polar surface area (TPSA) is 12.9 Å². The maximum absolute atomic E-state index is 5.43. The Morgan fingerprint density at radius 2 is 2.12 bits per heavy atom. The van der Waals surface area contributed by atoms with Crippen LogP contribution in [0.3, 0.4) is 0 Å². The van der Waals surface area contributed by atoms with Crippen LogP contribution in [0.5, 0.6) is 0 Å². The molecule has 0 bridgehead atoms. The molecular weight excluding hydrogens is 168 g/mol. The summed E-state index contributed by atoms with van der Waals surface area (Å²) in [6.45, 7) is 0. The average Bonchev–Trinajstić information content (AvgIpc) is 1.69. The molecule has 0 aliphatic rings. The Kier molecular flexibility index (Phi) is 3.86. The van der Waals surface area contributed by atoms with Crippen LogP contribution >= 0.6 is 11.6 Å². The minimum absolute atomic E-state index is 0. The predicted octanol–water partition coefficient (Wildman–Crippen LogP) is 1.73. The summed E-state index contributed by atoms with van der Waals surface area (Å²) in [6, 6.07) is 5.41. The van der Waals surface area contributed by atoms with Crippen molar-refractivity contribution in [3.05, 3.63) is 29.5 Å². The number of hydrogen-bond donors (Lipinski definition) is 0. The van der Waals surface area contributed by atoms with Crippen molar-refractivity contribution in [2.45, 2.75) is 0 Å². The first-order valence-corrected chi connectivity index (χ1v) is 2.34. The third kappa shape index (κ3) is 2.30. The van der Waals surface area contributed by atoms with Crippen molar-refractivity contribution >= 4 is 11.6 Å². The molecule has 0 aromatic carbocycles. The van der Waals surface area contributed by atoms with E-state index < -0.39 is 0 Å². The molecule has 1 heterocycles. The minimum atomic E-state index is 0. The molecule has 0 fully saturated rings. The van der Waals surface area contributed by atoms with E-state index >= 15 is 0 Å². The van der Waals surface area contributed by atoms with E-state index in [0.717, 1.165) is 0 Å². The monoisotopic (exact) mass is 172 g/mol. The molecule has 1 radical (unpaired) electrons. The van der Waals surface area contributed by atoms with Crippen molar-refractivity contribution in [1.82, 2.24) is 4.98 Å². The molecule has 0 spiro atoms. The summed E-state index contributed by atoms with van der Waals surface area (Å²) in [6.07, 6.45) is 1.66. The molecule has 0 unspecified atom stereocenters. The maximum Gasteiger partial charge on any atom is 0.129 e. The quantitative estimate of drug-likeness (QED) is 0.543. The van der Waals surface area contributed by atoms with Crippen LogP contribution < -0.4 is 0 Å². The van der Waals surface area contributed by atoms with Gasteiger partial charge in [-0.05, 0) is 12.1 Å². The van der Waals surface area contributed by atoms with E-state index in [1.54, 1.807) is 12.3 Å². The first-order valence-electron chi connectivity index (χ1n) is 1.96. The molecule has 1 aromatic rings. The van der Waals surface area contributed by atoms with Gasteiger partial charge in [0.1, 0.15) is 5.15 Å². The van der Waals surface area contributed by atoms with Crippen molar-refractivity contribution in [3.63, 3.8) is 0 Å². The van der Waals surface area contributed by atoms with Gasteiger partial charge in [-0.2, -0.15) is 0 Å². The molecule has 0 atom stereocenters. The molecule has 0 amide bonds. The third-order valence-electron chi connectivity index (χ3n) is 0.629. The van der Waals surface area contributed by atoms with E-state index in [1.165, 1.54) is 0 Å². The fraction of sp³-hybridized carbons (Fsp3) is 0. The number of aromatic nitrogens is 1. The zero-order valence-electron chi connectivity index (χ0n) is 3.97. The van der Waals surface area contributed by atoms with Crippen molar-refractivity contribution in [2.24, 2.45) is 0 Å². The van der Waals surface area contributed by atoms with Crippen LogP contribution in [0, 0.1) is 0 Å². The van der Waals surface area contributed by atoms with Gasteiger partial charge in [0.2, 0.25) is 0 Å². The number of pyridine rings is 1. The van der Waals surface area contributed by atoms with Gasteiger partial charge in [-0.15, -0.1) is 0 Å². The molecule has 0 saturated carbocycles. The average molecular weight is 172 g/mol. The maximum atomic E-state index is 5.43. The Hall–Kier alpha value is -0.0535. The number of hydrogen-bond acceptors (Lipinski definition) is 1. The van der Waals surface area contributed by atoms with Crippen LogP contribution in [0.4, 0.5) is 0 Å². The van der Waals surface area contributed by atoms with Gasteiger partial charge in [-0.1, -0.05) is 17.7 Å². The zero-order valence-corrected chi connectivity index (χ0v) is 5.76. The largest absolute Gasteiger partial charge is 0.245 e. The summed E-state index contributed by atoms with van der Waals surface area (Å²) in [4.78, 5) is 3.74. The van der Waals surface area contributed by atoms with Crippen LogP contribution in [0.1, 0.15) is 0 Å². The van der Waals surface area contributed by atoms with E-state index in [1.807, 2.05) is 12.1 Å². The second-order valence-corrected chi connectivity index (χ2v) is 1.54. The van der Waals surface area contributed by atoms with E-state index in [2.05, 4.69) is 4.98 Å². The fourth-order valence-corrected chi connectivity index (χ4v) is 0.471. The van der Waals surface area contributed by atoms with E-state index in [-0.39, 0.29) is 16.8 Å². The Balaban J connectivity index is 0.000000490. The van der Waals surface area contributed by atoms with Crippen LogP contribution in [0.25, 0.3) is 0 Å². The molecule has 0 aliphatic heterocycles. The van der Waals surface area contributed by atoms with Gasteiger partial charge in [0.05, 0.1) is 0 Å². The van der Waals surface area contributed by atoms with Gasteiger partial charge in [0.25, 0.3) is 0 Å². The number of halogens is 1. The van der Waals surface area contributed by atoms with Gasteiger partial charge < -0.3 is 0 Å². The second-order valence-electron chi connectivity index (χ2n) is 1.15. The second kappa shape index (κ2) is 3.89. The van der Waals surface area contributed by atoms with E-state index in [4.69, 9.17) is 11.6 Å². The van der Waals surface area contributed by atoms with Crippen LogP contribution in [-0.2, 0) is 16.8 Å². The molecule has 45 valence electrons. The molecule has 0 aliphatic carbocycles. The zero-order chi connectivity index (χ0) is 5.11. The number of rotatable bonds is 0. The molecule has 3 heteroatoms. The van der Waals surface area contributed by atoms with Crippen LogP contribution in [0.2, 0.25) is 5.15 Å². The summed E-state index contributed by atoms with van der Waals surface area (Å²) in [7, 11) is 0. The van der Waals surface area contributed by atoms with Crippen molar-refractivity contribution in [2.75, 3.05) is 0 Å². The Bertz CT molecular complexity index is 142. The number of nitrogens with zero attached hydrogens (tertiary/aromatic N) is 1. The fourth-order valence-electron chi connectivity index (χ4n) is 0.342. The molecule has 0 N–H and O–H groups in total. The molecular formula is C5H4ClCoN. The first-order chi connectivity index (χ1) is 3.39. The molecule has 1 rings (SSSR count). The van der Waals surface area contributed by atoms with Gasteiger partial charge in [-0.3, -0.25) is 0 Å². The first kappa shape index (κ1) is 7.95. The van der Waals surface area contributed by atoms with Crippen molar-refractivity contribution in [1.29, 1.82) is 0 Å². The smallest absolute Gasteiger partial charge is 0.129 e. The summed E-state index contributed by atoms with van der Waals surface area (Å²) < 4.78 is 0. The molecule has 8 heavy (non-hydrogen) atoms. The van der Waals surface area contributed by atoms with Crippen LogP contribution in [-0.4, -0.2) is 4.98 Å². The normalized spacial score (nSPS) is 7.62. The minimum Gasteiger partial charge on any atom is -0.245 e. The standard InChI is InChI=1S/C5H4ClN.Co/c6-5-3-1-2-4-7-5;/h1-4H;. The Morgan fingerprint density at radius 1 is 1.38 bits per heavy atom. The van der Waals surface area contributed by atoms with Crippen molar-refractivity contribution in [3.8, 4) is 0 Å². The molecule has 0 saturated heterocycles. The molecule has 1 nitrogen and oxygen atoms in total. The molecule has 1 aromatic heterocycles. The summed E-state index contributed by atoms with van der Waals surface area (Å²) in [5.41, 5.74) is 0. The Morgan fingerprint density at radius 3 is 2.38 bits per heavy atom. The van der Waals surface area contributed by atoms with Crippen LogP contribution in [0.15, 0.2) is 24.4 Å². The SMILES string of the molecule is Clc1ccccn1.[Co]. The summed E-state index contributed by atoms with van der Waals surface area (Å²) in [5.74, 6) is 0. The van der Waals surface area contributed by atoms with Gasteiger partial charge >= 0.3 is 0 Å². The summed E-state index contributed by atoms with van der Waals surface area (Å²) in [5, 5.41) is 0.544.